The first-order valence-corrected chi connectivity index (χ1v) is 21.0. The molecule has 0 aromatic heterocycles. The summed E-state index contributed by atoms with van der Waals surface area (Å²) in [6.07, 6.45) is 4.95. The highest BCUT2D eigenvalue weighted by Gasteiger charge is 2.65. The Morgan fingerprint density at radius 2 is 0.679 bits per heavy atom. The van der Waals surface area contributed by atoms with E-state index in [0.29, 0.717) is 11.8 Å². The molecule has 0 heterocycles. The number of fused-ring (bicyclic) bond motifs is 3. The molecule has 3 aliphatic carbocycles. The predicted octanol–water partition coefficient (Wildman–Crippen LogP) is 15.1. The van der Waals surface area contributed by atoms with Crippen LogP contribution < -0.4 is 9.80 Å². The van der Waals surface area contributed by atoms with Crippen LogP contribution in [0.2, 0.25) is 0 Å². The number of benzene rings is 6. The maximum absolute atomic E-state index is 2.63. The van der Waals surface area contributed by atoms with Gasteiger partial charge >= 0.3 is 0 Å². The minimum atomic E-state index is 0.0868. The Kier molecular flexibility index (Phi) is 8.65. The molecule has 0 spiro atoms. The van der Waals surface area contributed by atoms with Gasteiger partial charge in [0.05, 0.1) is 11.4 Å². The molecule has 0 bridgehead atoms. The van der Waals surface area contributed by atoms with Crippen LogP contribution in [0.4, 0.5) is 34.1 Å². The van der Waals surface area contributed by atoms with Crippen molar-refractivity contribution < 1.29 is 0 Å². The first-order valence-electron chi connectivity index (χ1n) is 21.0. The third-order valence-electron chi connectivity index (χ3n) is 13.9. The SMILES string of the molecule is Cc1ccc(N(c2ccc3c(c2)[C@]24CC(C)C[C@]2(CC(C)C4)c2cc(N(c4ccc(C)cc4)c4c(C)cc(C)cc4C)ccc2-3)c2c(C)cc(C)cc2C)cc1. The van der Waals surface area contributed by atoms with Crippen LogP contribution in [0.1, 0.15) is 95.2 Å². The van der Waals surface area contributed by atoms with Crippen molar-refractivity contribution >= 4 is 34.1 Å². The molecule has 2 heteroatoms. The van der Waals surface area contributed by atoms with Crippen LogP contribution in [-0.2, 0) is 10.8 Å². The van der Waals surface area contributed by atoms with E-state index in [0.717, 1.165) is 0 Å². The summed E-state index contributed by atoms with van der Waals surface area (Å²) < 4.78 is 0. The van der Waals surface area contributed by atoms with Gasteiger partial charge in [0.25, 0.3) is 0 Å². The van der Waals surface area contributed by atoms with Crippen molar-refractivity contribution in [3.63, 3.8) is 0 Å². The van der Waals surface area contributed by atoms with Gasteiger partial charge in [0.1, 0.15) is 0 Å². The molecule has 6 aromatic carbocycles. The second-order valence-electron chi connectivity index (χ2n) is 18.5. The minimum absolute atomic E-state index is 0.0868. The Labute approximate surface area is 336 Å². The molecular formula is C54H58N2. The lowest BCUT2D eigenvalue weighted by Crippen LogP contribution is -2.43. The van der Waals surface area contributed by atoms with E-state index in [1.165, 1.54) is 115 Å². The Hall–Kier alpha value is -5.08. The van der Waals surface area contributed by atoms with Crippen LogP contribution in [-0.4, -0.2) is 0 Å². The van der Waals surface area contributed by atoms with Crippen LogP contribution in [0.15, 0.2) is 109 Å². The molecular weight excluding hydrogens is 677 g/mol. The first kappa shape index (κ1) is 36.6. The summed E-state index contributed by atoms with van der Waals surface area (Å²) in [4.78, 5) is 5.09. The zero-order valence-electron chi connectivity index (χ0n) is 35.3. The quantitative estimate of drug-likeness (QED) is 0.168. The monoisotopic (exact) mass is 734 g/mol. The van der Waals surface area contributed by atoms with E-state index in [2.05, 4.69) is 188 Å². The molecule has 0 aliphatic heterocycles. The van der Waals surface area contributed by atoms with Crippen LogP contribution in [0.3, 0.4) is 0 Å². The molecule has 2 saturated carbocycles. The minimum Gasteiger partial charge on any atom is -0.310 e. The summed E-state index contributed by atoms with van der Waals surface area (Å²) in [6.45, 7) is 23.0. The van der Waals surface area contributed by atoms with Gasteiger partial charge < -0.3 is 9.80 Å². The third-order valence-corrected chi connectivity index (χ3v) is 13.9. The molecule has 3 aliphatic rings. The molecule has 6 aromatic rings. The van der Waals surface area contributed by atoms with Crippen molar-refractivity contribution in [3.05, 3.63) is 165 Å². The van der Waals surface area contributed by atoms with Gasteiger partial charge in [0.2, 0.25) is 0 Å². The van der Waals surface area contributed by atoms with Gasteiger partial charge in [-0.25, -0.2) is 0 Å². The summed E-state index contributed by atoms with van der Waals surface area (Å²) >= 11 is 0. The summed E-state index contributed by atoms with van der Waals surface area (Å²) in [5, 5.41) is 0. The Balaban J connectivity index is 1.28. The number of hydrogen-bond acceptors (Lipinski definition) is 2. The van der Waals surface area contributed by atoms with E-state index >= 15 is 0 Å². The van der Waals surface area contributed by atoms with Gasteiger partial charge in [0.15, 0.2) is 0 Å². The lowest BCUT2D eigenvalue weighted by Gasteiger charge is -2.48. The normalized spacial score (nSPS) is 22.0. The Bertz CT molecular complexity index is 2270. The van der Waals surface area contributed by atoms with E-state index in [-0.39, 0.29) is 10.8 Å². The molecule has 0 amide bonds. The lowest BCUT2D eigenvalue weighted by atomic mass is 9.55. The van der Waals surface area contributed by atoms with E-state index in [1.54, 1.807) is 11.1 Å². The van der Waals surface area contributed by atoms with Gasteiger partial charge in [-0.15, -0.1) is 0 Å². The van der Waals surface area contributed by atoms with E-state index in [9.17, 15) is 0 Å². The smallest absolute Gasteiger partial charge is 0.0520 e. The average molecular weight is 735 g/mol. The summed E-state index contributed by atoms with van der Waals surface area (Å²) in [5.74, 6) is 1.30. The molecule has 0 saturated heterocycles. The summed E-state index contributed by atoms with van der Waals surface area (Å²) in [7, 11) is 0. The summed E-state index contributed by atoms with van der Waals surface area (Å²) in [5.41, 5.74) is 24.2. The zero-order chi connectivity index (χ0) is 39.3. The van der Waals surface area contributed by atoms with Gasteiger partial charge in [-0.3, -0.25) is 0 Å². The van der Waals surface area contributed by atoms with Crippen LogP contribution in [0.5, 0.6) is 0 Å². The van der Waals surface area contributed by atoms with E-state index < -0.39 is 0 Å². The molecule has 0 unspecified atom stereocenters. The number of nitrogens with zero attached hydrogens (tertiary/aromatic N) is 2. The summed E-state index contributed by atoms with van der Waals surface area (Å²) in [6, 6.07) is 42.7. The van der Waals surface area contributed by atoms with Gasteiger partial charge in [-0.2, -0.15) is 0 Å². The van der Waals surface area contributed by atoms with Crippen molar-refractivity contribution in [3.8, 4) is 11.1 Å². The van der Waals surface area contributed by atoms with Crippen LogP contribution in [0.25, 0.3) is 11.1 Å². The number of hydrogen-bond donors (Lipinski definition) is 0. The fraction of sp³-hybridized carbons (Fsp3) is 0.333. The number of rotatable bonds is 6. The molecule has 0 radical (unpaired) electrons. The van der Waals surface area contributed by atoms with Crippen LogP contribution >= 0.6 is 0 Å². The highest BCUT2D eigenvalue weighted by atomic mass is 15.2. The molecule has 56 heavy (non-hydrogen) atoms. The molecule has 2 nitrogen and oxygen atoms in total. The highest BCUT2D eigenvalue weighted by molar-refractivity contribution is 5.89. The first-order chi connectivity index (χ1) is 26.8. The maximum Gasteiger partial charge on any atom is 0.0520 e. The second kappa shape index (κ2) is 13.3. The van der Waals surface area contributed by atoms with Gasteiger partial charge in [-0.1, -0.05) is 96.8 Å². The fourth-order valence-corrected chi connectivity index (χ4v) is 12.3. The van der Waals surface area contributed by atoms with Gasteiger partial charge in [0, 0.05) is 33.6 Å². The predicted molar refractivity (Wildman–Crippen MR) is 239 cm³/mol. The highest BCUT2D eigenvalue weighted by Crippen LogP contribution is 2.72. The van der Waals surface area contributed by atoms with Crippen molar-refractivity contribution in [1.82, 2.24) is 0 Å². The third kappa shape index (κ3) is 5.58. The number of anilines is 6. The zero-order valence-corrected chi connectivity index (χ0v) is 35.3. The van der Waals surface area contributed by atoms with E-state index in [1.807, 2.05) is 0 Å². The maximum atomic E-state index is 2.63. The topological polar surface area (TPSA) is 6.48 Å². The average Bonchev–Trinajstić information content (AvgIpc) is 3.60. The Morgan fingerprint density at radius 1 is 0.375 bits per heavy atom. The van der Waals surface area contributed by atoms with Crippen LogP contribution in [0, 0.1) is 67.2 Å². The second-order valence-corrected chi connectivity index (χ2v) is 18.5. The van der Waals surface area contributed by atoms with Crippen molar-refractivity contribution in [2.75, 3.05) is 9.80 Å². The largest absolute Gasteiger partial charge is 0.310 e. The standard InChI is InChI=1S/C54H58N2/c1-33-11-15-43(16-12-33)55(51-39(7)23-35(3)24-40(51)8)45-19-21-47-48-22-20-46(28-50(48)54-31-37(5)29-53(54,49(47)27-45)30-38(6)32-54)56(44-17-13-34(2)14-18-44)52-41(9)25-36(4)26-42(52)10/h11-28,37-38H,29-32H2,1-10H3/t37?,38?,53-,54+. The lowest BCUT2D eigenvalue weighted by molar-refractivity contribution is 0.299. The molecule has 0 N–H and O–H groups in total. The molecule has 284 valence electrons. The number of aryl methyl sites for hydroxylation is 8. The molecule has 0 atom stereocenters. The van der Waals surface area contributed by atoms with Crippen molar-refractivity contribution in [2.24, 2.45) is 11.8 Å². The Morgan fingerprint density at radius 3 is 1.00 bits per heavy atom. The molecule has 9 rings (SSSR count). The van der Waals surface area contributed by atoms with Gasteiger partial charge in [-0.05, 0) is 186 Å². The van der Waals surface area contributed by atoms with E-state index in [4.69, 9.17) is 0 Å². The fourth-order valence-electron chi connectivity index (χ4n) is 12.3. The van der Waals surface area contributed by atoms with Crippen molar-refractivity contribution in [1.29, 1.82) is 0 Å². The van der Waals surface area contributed by atoms with Crippen molar-refractivity contribution in [2.45, 2.75) is 106 Å². The molecule has 2 fully saturated rings.